The van der Waals surface area contributed by atoms with Crippen LogP contribution in [-0.4, -0.2) is 85.2 Å². The van der Waals surface area contributed by atoms with Crippen LogP contribution in [0.4, 0.5) is 0 Å². The summed E-state index contributed by atoms with van der Waals surface area (Å²) < 4.78 is 5.44. The molecule has 1 rings (SSSR count). The van der Waals surface area contributed by atoms with E-state index >= 15 is 0 Å². The summed E-state index contributed by atoms with van der Waals surface area (Å²) >= 11 is 1.04. The summed E-state index contributed by atoms with van der Waals surface area (Å²) in [6, 6.07) is -0.617. The Morgan fingerprint density at radius 3 is 1.29 bits per heavy atom. The lowest BCUT2D eigenvalue weighted by atomic mass is 10.00. The Bertz CT molecular complexity index is 897. The molecule has 10 heteroatoms. The summed E-state index contributed by atoms with van der Waals surface area (Å²) in [5.41, 5.74) is -1.13. The third-order valence-electron chi connectivity index (χ3n) is 11.4. The van der Waals surface area contributed by atoms with Crippen LogP contribution in [0.1, 0.15) is 226 Å². The summed E-state index contributed by atoms with van der Waals surface area (Å²) in [6.45, 7) is 4.52. The Kier molecular flexibility index (Phi) is 34.3. The van der Waals surface area contributed by atoms with E-state index in [-0.39, 0.29) is 11.7 Å². The Morgan fingerprint density at radius 1 is 0.545 bits per heavy atom. The highest BCUT2D eigenvalue weighted by Crippen LogP contribution is 2.30. The van der Waals surface area contributed by atoms with Crippen molar-refractivity contribution in [3.63, 3.8) is 0 Å². The number of carbonyl (C=O) groups is 2. The van der Waals surface area contributed by atoms with Crippen molar-refractivity contribution in [2.24, 2.45) is 0 Å². The predicted molar refractivity (Wildman–Crippen MR) is 228 cm³/mol. The minimum Gasteiger partial charge on any atom is -0.479 e. The second-order valence-corrected chi connectivity index (χ2v) is 17.7. The molecule has 6 N–H and O–H groups in total. The van der Waals surface area contributed by atoms with Crippen molar-refractivity contribution >= 4 is 23.6 Å². The van der Waals surface area contributed by atoms with Crippen LogP contribution in [0.15, 0.2) is 0 Å². The van der Waals surface area contributed by atoms with E-state index in [0.717, 1.165) is 50.3 Å². The Morgan fingerprint density at radius 2 is 0.909 bits per heavy atom. The summed E-state index contributed by atoms with van der Waals surface area (Å²) in [7, 11) is 0. The van der Waals surface area contributed by atoms with Crippen molar-refractivity contribution in [2.75, 3.05) is 5.75 Å². The number of aliphatic hydroxyl groups excluding tert-OH is 4. The first-order valence-electron chi connectivity index (χ1n) is 23.2. The quantitative estimate of drug-likeness (QED) is 0.0333. The van der Waals surface area contributed by atoms with Gasteiger partial charge < -0.3 is 35.6 Å². The van der Waals surface area contributed by atoms with Crippen LogP contribution >= 0.6 is 11.8 Å². The Hall–Kier alpha value is -0.910. The van der Waals surface area contributed by atoms with Crippen molar-refractivity contribution in [2.45, 2.75) is 268 Å². The number of ether oxygens (including phenoxy) is 1. The molecule has 0 aliphatic carbocycles. The van der Waals surface area contributed by atoms with Gasteiger partial charge in [-0.2, -0.15) is 0 Å². The molecule has 1 amide bonds. The van der Waals surface area contributed by atoms with Gasteiger partial charge in [-0.3, -0.25) is 4.79 Å². The highest BCUT2D eigenvalue weighted by Gasteiger charge is 2.47. The predicted octanol–water partition coefficient (Wildman–Crippen LogP) is 10.4. The van der Waals surface area contributed by atoms with Gasteiger partial charge in [0.05, 0.1) is 12.1 Å². The number of hydrogen-bond donors (Lipinski definition) is 6. The molecule has 0 unspecified atom stereocenters. The molecule has 55 heavy (non-hydrogen) atoms. The maximum Gasteiger partial charge on any atom is 0.335 e. The van der Waals surface area contributed by atoms with Gasteiger partial charge in [-0.05, 0) is 12.8 Å². The van der Waals surface area contributed by atoms with Crippen LogP contribution in [0, 0.1) is 0 Å². The molecular formula is C45H87NO8S. The first-order valence-corrected chi connectivity index (χ1v) is 24.3. The molecule has 1 saturated heterocycles. The monoisotopic (exact) mass is 802 g/mol. The lowest BCUT2D eigenvalue weighted by Crippen LogP contribution is -2.59. The number of amides is 1. The zero-order chi connectivity index (χ0) is 40.4. The molecule has 9 nitrogen and oxygen atoms in total. The van der Waals surface area contributed by atoms with E-state index in [9.17, 15) is 35.1 Å². The lowest BCUT2D eigenvalue weighted by molar-refractivity contribution is -0.209. The third-order valence-corrected chi connectivity index (χ3v) is 12.7. The zero-order valence-corrected chi connectivity index (χ0v) is 36.3. The average molecular weight is 802 g/mol. The van der Waals surface area contributed by atoms with Crippen molar-refractivity contribution < 1.29 is 39.9 Å². The molecule has 0 radical (unpaired) electrons. The van der Waals surface area contributed by atoms with E-state index in [1.807, 2.05) is 0 Å². The largest absolute Gasteiger partial charge is 0.479 e. The second kappa shape index (κ2) is 36.2. The molecule has 0 spiro atoms. The summed E-state index contributed by atoms with van der Waals surface area (Å²) in [4.78, 5) is 24.6. The fourth-order valence-electron chi connectivity index (χ4n) is 7.68. The molecule has 7 atom stereocenters. The topological polar surface area (TPSA) is 157 Å². The molecule has 0 aromatic heterocycles. The molecule has 1 fully saturated rings. The van der Waals surface area contributed by atoms with Gasteiger partial charge in [0, 0.05) is 12.2 Å². The molecule has 1 aliphatic heterocycles. The maximum atomic E-state index is 13.0. The van der Waals surface area contributed by atoms with Crippen molar-refractivity contribution in [1.82, 2.24) is 5.32 Å². The van der Waals surface area contributed by atoms with E-state index in [2.05, 4.69) is 19.2 Å². The fourth-order valence-corrected chi connectivity index (χ4v) is 8.93. The standard InChI is InChI=1S/C45H87NO8S/c1-3-5-7-9-11-13-15-17-19-21-23-25-27-29-31-33-35-39(48)46-37(36-55-45-42(51)40(49)41(50)43(54-45)44(52)53)38(47)34-32-30-28-26-24-22-20-18-16-14-12-10-8-6-4-2/h37-38,40-43,45,47,49-51H,3-36H2,1-2H3,(H,46,48)(H,52,53)/t37-,38+,40-,41+,42+,43-,45+/m0/s1. The van der Waals surface area contributed by atoms with Gasteiger partial charge in [-0.1, -0.05) is 206 Å². The number of carbonyl (C=O) groups excluding carboxylic acids is 1. The van der Waals surface area contributed by atoms with Gasteiger partial charge in [-0.15, -0.1) is 11.8 Å². The van der Waals surface area contributed by atoms with E-state index in [4.69, 9.17) is 4.74 Å². The van der Waals surface area contributed by atoms with Gasteiger partial charge in [0.15, 0.2) is 6.10 Å². The molecule has 326 valence electrons. The summed E-state index contributed by atoms with van der Waals surface area (Å²) in [5.74, 6) is -1.39. The summed E-state index contributed by atoms with van der Waals surface area (Å²) in [6.07, 6.45) is 32.6. The van der Waals surface area contributed by atoms with Gasteiger partial charge >= 0.3 is 5.97 Å². The molecule has 1 aliphatic rings. The highest BCUT2D eigenvalue weighted by atomic mass is 32.2. The smallest absolute Gasteiger partial charge is 0.335 e. The zero-order valence-electron chi connectivity index (χ0n) is 35.5. The van der Waals surface area contributed by atoms with E-state index < -0.39 is 48.0 Å². The van der Waals surface area contributed by atoms with Gasteiger partial charge in [0.25, 0.3) is 0 Å². The first-order chi connectivity index (χ1) is 26.7. The fraction of sp³-hybridized carbons (Fsp3) is 0.956. The highest BCUT2D eigenvalue weighted by molar-refractivity contribution is 7.99. The maximum absolute atomic E-state index is 13.0. The number of aliphatic hydroxyl groups is 4. The molecule has 0 aromatic carbocycles. The SMILES string of the molecule is CCCCCCCCCCCCCCCCCCC(=O)N[C@@H](CS[C@H]1O[C@H](C(=O)O)[C@H](O)[C@H](O)[C@H]1O)[C@H](O)CCCCCCCCCCCCCCCCC. The average Bonchev–Trinajstić information content (AvgIpc) is 3.17. The van der Waals surface area contributed by atoms with Crippen molar-refractivity contribution in [3.05, 3.63) is 0 Å². The van der Waals surface area contributed by atoms with Crippen molar-refractivity contribution in [1.29, 1.82) is 0 Å². The number of hydrogen-bond acceptors (Lipinski definition) is 8. The Balaban J connectivity index is 2.36. The second-order valence-electron chi connectivity index (χ2n) is 16.6. The number of carboxylic acid groups (broad SMARTS) is 1. The molecule has 0 aromatic rings. The van der Waals surface area contributed by atoms with Gasteiger partial charge in [0.2, 0.25) is 5.91 Å². The number of nitrogens with one attached hydrogen (secondary N) is 1. The molecular weight excluding hydrogens is 715 g/mol. The van der Waals surface area contributed by atoms with Crippen LogP contribution in [0.2, 0.25) is 0 Å². The molecule has 0 saturated carbocycles. The number of thioether (sulfide) groups is 1. The lowest BCUT2D eigenvalue weighted by Gasteiger charge is -2.39. The van der Waals surface area contributed by atoms with E-state index in [0.29, 0.717) is 12.8 Å². The normalized spacial score (nSPS) is 21.1. The number of rotatable bonds is 39. The third kappa shape index (κ3) is 27.4. The minimum atomic E-state index is -1.75. The summed E-state index contributed by atoms with van der Waals surface area (Å²) in [5, 5.41) is 54.4. The first kappa shape index (κ1) is 52.1. The minimum absolute atomic E-state index is 0.129. The van der Waals surface area contributed by atoms with Crippen LogP contribution in [-0.2, 0) is 14.3 Å². The van der Waals surface area contributed by atoms with Gasteiger partial charge in [-0.25, -0.2) is 4.79 Å². The Labute approximate surface area is 341 Å². The van der Waals surface area contributed by atoms with Crippen LogP contribution in [0.5, 0.6) is 0 Å². The van der Waals surface area contributed by atoms with Gasteiger partial charge in [0.1, 0.15) is 23.7 Å². The van der Waals surface area contributed by atoms with Crippen LogP contribution in [0.25, 0.3) is 0 Å². The van der Waals surface area contributed by atoms with Crippen LogP contribution in [0.3, 0.4) is 0 Å². The molecule has 1 heterocycles. The molecule has 0 bridgehead atoms. The van der Waals surface area contributed by atoms with E-state index in [1.165, 1.54) is 161 Å². The number of aliphatic carboxylic acids is 1. The number of unbranched alkanes of at least 4 members (excludes halogenated alkanes) is 29. The number of carboxylic acids is 1. The van der Waals surface area contributed by atoms with Crippen LogP contribution < -0.4 is 5.32 Å². The van der Waals surface area contributed by atoms with Crippen molar-refractivity contribution in [3.8, 4) is 0 Å². The van der Waals surface area contributed by atoms with E-state index in [1.54, 1.807) is 0 Å².